The molecule has 2 heteroatoms. The van der Waals surface area contributed by atoms with Gasteiger partial charge < -0.3 is 10.8 Å². The highest BCUT2D eigenvalue weighted by Gasteiger charge is 2.31. The highest BCUT2D eigenvalue weighted by Crippen LogP contribution is 2.35. The third kappa shape index (κ3) is 2.38. The fraction of sp³-hybridized carbons (Fsp3) is 0.600. The molecule has 0 saturated heterocycles. The lowest BCUT2D eigenvalue weighted by Crippen LogP contribution is -2.35. The van der Waals surface area contributed by atoms with Gasteiger partial charge in [0.2, 0.25) is 0 Å². The molecule has 0 spiro atoms. The number of aryl methyl sites for hydroxylation is 1. The molecule has 1 aromatic carbocycles. The van der Waals surface area contributed by atoms with Crippen molar-refractivity contribution in [1.82, 2.24) is 0 Å². The van der Waals surface area contributed by atoms with Gasteiger partial charge in [0.15, 0.2) is 0 Å². The van der Waals surface area contributed by atoms with Gasteiger partial charge in [0.05, 0.1) is 0 Å². The van der Waals surface area contributed by atoms with Gasteiger partial charge in [-0.05, 0) is 48.3 Å². The molecule has 1 aliphatic rings. The molecule has 0 saturated carbocycles. The van der Waals surface area contributed by atoms with Crippen LogP contribution in [0.2, 0.25) is 0 Å². The van der Waals surface area contributed by atoms with E-state index in [2.05, 4.69) is 32.0 Å². The Morgan fingerprint density at radius 2 is 2.12 bits per heavy atom. The molecule has 1 aliphatic carbocycles. The van der Waals surface area contributed by atoms with Crippen LogP contribution in [-0.4, -0.2) is 11.7 Å². The van der Waals surface area contributed by atoms with Crippen molar-refractivity contribution in [3.63, 3.8) is 0 Å². The van der Waals surface area contributed by atoms with E-state index in [1.165, 1.54) is 11.1 Å². The van der Waals surface area contributed by atoms with Crippen molar-refractivity contribution in [1.29, 1.82) is 0 Å². The topological polar surface area (TPSA) is 46.2 Å². The first-order valence-corrected chi connectivity index (χ1v) is 6.62. The summed E-state index contributed by atoms with van der Waals surface area (Å²) in [4.78, 5) is 0. The minimum absolute atomic E-state index is 0.321. The summed E-state index contributed by atoms with van der Waals surface area (Å²) < 4.78 is 0. The van der Waals surface area contributed by atoms with Crippen LogP contribution in [0, 0.1) is 0 Å². The van der Waals surface area contributed by atoms with Gasteiger partial charge >= 0.3 is 0 Å². The lowest BCUT2D eigenvalue weighted by Gasteiger charge is -2.28. The van der Waals surface area contributed by atoms with Gasteiger partial charge in [-0.1, -0.05) is 32.0 Å². The first kappa shape index (κ1) is 12.6. The molecule has 17 heavy (non-hydrogen) atoms. The highest BCUT2D eigenvalue weighted by atomic mass is 16.3. The molecule has 2 nitrogen and oxygen atoms in total. The van der Waals surface area contributed by atoms with E-state index in [-0.39, 0.29) is 0 Å². The lowest BCUT2D eigenvalue weighted by molar-refractivity contribution is 0.0361. The van der Waals surface area contributed by atoms with Gasteiger partial charge in [-0.2, -0.15) is 0 Å². The Morgan fingerprint density at radius 1 is 1.35 bits per heavy atom. The maximum absolute atomic E-state index is 10.7. The number of benzene rings is 1. The molecule has 2 rings (SSSR count). The smallest absolute Gasteiger partial charge is 0.102 e. The number of aliphatic hydroxyl groups is 1. The SMILES string of the molecule is CC(C)c1ccc2c(c1)C(O)(CN)CCCC2. The number of rotatable bonds is 2. The van der Waals surface area contributed by atoms with Gasteiger partial charge in [0, 0.05) is 6.54 Å². The summed E-state index contributed by atoms with van der Waals surface area (Å²) in [5, 5.41) is 10.7. The van der Waals surface area contributed by atoms with Crippen molar-refractivity contribution < 1.29 is 5.11 Å². The molecule has 1 unspecified atom stereocenters. The monoisotopic (exact) mass is 233 g/mol. The van der Waals surface area contributed by atoms with Crippen molar-refractivity contribution >= 4 is 0 Å². The fourth-order valence-electron chi connectivity index (χ4n) is 2.68. The second-order valence-corrected chi connectivity index (χ2v) is 5.51. The van der Waals surface area contributed by atoms with Crippen molar-refractivity contribution in [2.75, 3.05) is 6.54 Å². The maximum Gasteiger partial charge on any atom is 0.102 e. The summed E-state index contributed by atoms with van der Waals surface area (Å²) in [5.41, 5.74) is 8.63. The summed E-state index contributed by atoms with van der Waals surface area (Å²) in [6, 6.07) is 6.53. The second kappa shape index (κ2) is 4.79. The zero-order valence-electron chi connectivity index (χ0n) is 10.9. The third-order valence-electron chi connectivity index (χ3n) is 3.93. The Balaban J connectivity index is 2.50. The second-order valence-electron chi connectivity index (χ2n) is 5.51. The Bertz CT molecular complexity index is 400. The Labute approximate surface area is 104 Å². The molecular weight excluding hydrogens is 210 g/mol. The molecule has 0 amide bonds. The first-order chi connectivity index (χ1) is 8.07. The summed E-state index contributed by atoms with van der Waals surface area (Å²) in [6.45, 7) is 4.68. The molecule has 0 heterocycles. The van der Waals surface area contributed by atoms with Gasteiger partial charge in [0.25, 0.3) is 0 Å². The van der Waals surface area contributed by atoms with Gasteiger partial charge in [-0.3, -0.25) is 0 Å². The summed E-state index contributed by atoms with van der Waals surface area (Å²) in [7, 11) is 0. The zero-order valence-corrected chi connectivity index (χ0v) is 10.9. The largest absolute Gasteiger partial charge is 0.384 e. The summed E-state index contributed by atoms with van der Waals surface area (Å²) in [6.07, 6.45) is 4.06. The predicted octanol–water partition coefficient (Wildman–Crippen LogP) is 2.68. The van der Waals surface area contributed by atoms with E-state index in [1.54, 1.807) is 0 Å². The highest BCUT2D eigenvalue weighted by molar-refractivity contribution is 5.38. The first-order valence-electron chi connectivity index (χ1n) is 6.62. The summed E-state index contributed by atoms with van der Waals surface area (Å²) in [5.74, 6) is 0.491. The van der Waals surface area contributed by atoms with Crippen LogP contribution in [0.5, 0.6) is 0 Å². The molecular formula is C15H23NO. The molecule has 0 aliphatic heterocycles. The maximum atomic E-state index is 10.7. The standard InChI is InChI=1S/C15H23NO/c1-11(2)13-7-6-12-5-3-4-8-15(17,10-16)14(12)9-13/h6-7,9,11,17H,3-5,8,10,16H2,1-2H3. The van der Waals surface area contributed by atoms with E-state index in [0.717, 1.165) is 31.2 Å². The van der Waals surface area contributed by atoms with Crippen LogP contribution in [0.3, 0.4) is 0 Å². The van der Waals surface area contributed by atoms with Crippen LogP contribution >= 0.6 is 0 Å². The van der Waals surface area contributed by atoms with E-state index in [0.29, 0.717) is 12.5 Å². The Hall–Kier alpha value is -0.860. The van der Waals surface area contributed by atoms with Crippen LogP contribution in [0.1, 0.15) is 55.7 Å². The van der Waals surface area contributed by atoms with Gasteiger partial charge in [0.1, 0.15) is 5.60 Å². The predicted molar refractivity (Wildman–Crippen MR) is 71.0 cm³/mol. The van der Waals surface area contributed by atoms with Crippen LogP contribution in [-0.2, 0) is 12.0 Å². The van der Waals surface area contributed by atoms with Gasteiger partial charge in [-0.15, -0.1) is 0 Å². The lowest BCUT2D eigenvalue weighted by atomic mass is 9.85. The van der Waals surface area contributed by atoms with E-state index < -0.39 is 5.60 Å². The molecule has 0 fully saturated rings. The van der Waals surface area contributed by atoms with Crippen LogP contribution < -0.4 is 5.73 Å². The van der Waals surface area contributed by atoms with Crippen LogP contribution in [0.4, 0.5) is 0 Å². The number of nitrogens with two attached hydrogens (primary N) is 1. The van der Waals surface area contributed by atoms with Crippen molar-refractivity contribution in [2.24, 2.45) is 5.73 Å². The number of hydrogen-bond acceptors (Lipinski definition) is 2. The zero-order chi connectivity index (χ0) is 12.5. The number of fused-ring (bicyclic) bond motifs is 1. The normalized spacial score (nSPS) is 24.5. The molecule has 1 aromatic rings. The molecule has 3 N–H and O–H groups in total. The average molecular weight is 233 g/mol. The van der Waals surface area contributed by atoms with Crippen molar-refractivity contribution in [3.8, 4) is 0 Å². The van der Waals surface area contributed by atoms with E-state index in [1.807, 2.05) is 0 Å². The van der Waals surface area contributed by atoms with Crippen molar-refractivity contribution in [2.45, 2.75) is 51.0 Å². The molecule has 1 atom stereocenters. The van der Waals surface area contributed by atoms with Crippen molar-refractivity contribution in [3.05, 3.63) is 34.9 Å². The van der Waals surface area contributed by atoms with Gasteiger partial charge in [-0.25, -0.2) is 0 Å². The Morgan fingerprint density at radius 3 is 2.76 bits per heavy atom. The molecule has 0 bridgehead atoms. The fourth-order valence-corrected chi connectivity index (χ4v) is 2.68. The Kier molecular flexibility index (Phi) is 3.55. The summed E-state index contributed by atoms with van der Waals surface area (Å²) >= 11 is 0. The molecule has 0 aromatic heterocycles. The minimum atomic E-state index is -0.809. The van der Waals surface area contributed by atoms with E-state index in [4.69, 9.17) is 5.73 Å². The number of hydrogen-bond donors (Lipinski definition) is 2. The molecule has 94 valence electrons. The third-order valence-corrected chi connectivity index (χ3v) is 3.93. The van der Waals surface area contributed by atoms with Crippen LogP contribution in [0.15, 0.2) is 18.2 Å². The quantitative estimate of drug-likeness (QED) is 0.771. The van der Waals surface area contributed by atoms with Crippen LogP contribution in [0.25, 0.3) is 0 Å². The van der Waals surface area contributed by atoms with E-state index in [9.17, 15) is 5.11 Å². The van der Waals surface area contributed by atoms with E-state index >= 15 is 0 Å². The molecule has 0 radical (unpaired) electrons. The average Bonchev–Trinajstić information content (AvgIpc) is 2.49. The minimum Gasteiger partial charge on any atom is -0.384 e.